The van der Waals surface area contributed by atoms with Gasteiger partial charge in [-0.15, -0.1) is 29.1 Å². The van der Waals surface area contributed by atoms with Crippen LogP contribution in [0, 0.1) is 17.9 Å². The minimum Gasteiger partial charge on any atom is -0.512 e. The third-order valence-corrected chi connectivity index (χ3v) is 12.1. The number of furan rings is 1. The molecule has 1 N–H and O–H groups in total. The van der Waals surface area contributed by atoms with Gasteiger partial charge in [0.25, 0.3) is 0 Å². The molecule has 1 radical (unpaired) electrons. The van der Waals surface area contributed by atoms with Gasteiger partial charge in [-0.2, -0.15) is 0 Å². The van der Waals surface area contributed by atoms with Crippen molar-refractivity contribution in [3.05, 3.63) is 101 Å². The van der Waals surface area contributed by atoms with E-state index in [2.05, 4.69) is 115 Å². The van der Waals surface area contributed by atoms with Gasteiger partial charge < -0.3 is 9.52 Å². The summed E-state index contributed by atoms with van der Waals surface area (Å²) in [7, 11) is 0. The van der Waals surface area contributed by atoms with Crippen LogP contribution >= 0.6 is 0 Å². The average molecular weight is 916 g/mol. The molecule has 0 atom stereocenters. The molecule has 6 aromatic rings. The second-order valence-corrected chi connectivity index (χ2v) is 17.8. The summed E-state index contributed by atoms with van der Waals surface area (Å²) in [4.78, 5) is 16.8. The molecule has 0 bridgehead atoms. The molecule has 4 nitrogen and oxygen atoms in total. The summed E-state index contributed by atoms with van der Waals surface area (Å²) < 4.78 is 14.5. The fourth-order valence-electron chi connectivity index (χ4n) is 8.48. The zero-order valence-electron chi connectivity index (χ0n) is 35.8. The van der Waals surface area contributed by atoms with E-state index in [0.717, 1.165) is 76.1 Å². The van der Waals surface area contributed by atoms with Crippen LogP contribution in [-0.4, -0.2) is 15.9 Å². The van der Waals surface area contributed by atoms with Crippen LogP contribution in [0.2, 0.25) is 0 Å². The predicted octanol–water partition coefficient (Wildman–Crippen LogP) is 14.3. The van der Waals surface area contributed by atoms with E-state index in [1.807, 2.05) is 33.9 Å². The molecule has 0 fully saturated rings. The van der Waals surface area contributed by atoms with E-state index in [4.69, 9.17) is 10.8 Å². The normalized spacial score (nSPS) is 15.8. The molecule has 55 heavy (non-hydrogen) atoms. The van der Waals surface area contributed by atoms with E-state index < -0.39 is 0 Å². The van der Waals surface area contributed by atoms with E-state index in [-0.39, 0.29) is 65.8 Å². The van der Waals surface area contributed by atoms with E-state index >= 15 is 0 Å². The van der Waals surface area contributed by atoms with Gasteiger partial charge in [-0.3, -0.25) is 9.78 Å². The fourth-order valence-corrected chi connectivity index (χ4v) is 8.48. The molecule has 1 aliphatic rings. The smallest absolute Gasteiger partial charge is 0.162 e. The summed E-state index contributed by atoms with van der Waals surface area (Å²) >= 11 is 0. The van der Waals surface area contributed by atoms with E-state index in [0.29, 0.717) is 0 Å². The first-order valence-electron chi connectivity index (χ1n) is 20.7. The van der Waals surface area contributed by atoms with Crippen LogP contribution in [0.4, 0.5) is 0 Å². The SMILES string of the molecule is CC(C)(C)c1cc(-c2nccc3cc4oc5c6c(ccc5c4cc23)C(C)(C)CCC6(C)C)[c-]c2ccccc12.[2H]/C(C(=O)C(CC)CC)=C(/O)C(CC)CC.[Ir]. The van der Waals surface area contributed by atoms with Crippen LogP contribution in [0.15, 0.2) is 83.1 Å². The largest absolute Gasteiger partial charge is 0.512 e. The monoisotopic (exact) mass is 916 g/mol. The van der Waals surface area contributed by atoms with Gasteiger partial charge >= 0.3 is 0 Å². The molecular weight excluding hydrogens is 855 g/mol. The quantitative estimate of drug-likeness (QED) is 0.0939. The van der Waals surface area contributed by atoms with Crippen LogP contribution in [0.1, 0.15) is 133 Å². The third kappa shape index (κ3) is 8.21. The molecule has 0 saturated heterocycles. The topological polar surface area (TPSA) is 63.3 Å². The van der Waals surface area contributed by atoms with E-state index in [1.165, 1.54) is 33.9 Å². The van der Waals surface area contributed by atoms with Crippen molar-refractivity contribution < 1.29 is 35.8 Å². The number of nitrogens with zero attached hydrogens (tertiary/aromatic N) is 1. The number of aromatic nitrogens is 1. The third-order valence-electron chi connectivity index (χ3n) is 12.1. The molecule has 4 aromatic carbocycles. The van der Waals surface area contributed by atoms with Gasteiger partial charge in [-0.25, -0.2) is 0 Å². The number of benzene rings is 4. The van der Waals surface area contributed by atoms with Gasteiger partial charge in [0.1, 0.15) is 11.2 Å². The van der Waals surface area contributed by atoms with Crippen LogP contribution in [0.3, 0.4) is 0 Å². The zero-order chi connectivity index (χ0) is 40.0. The summed E-state index contributed by atoms with van der Waals surface area (Å²) in [5.74, 6) is -0.411. The standard InChI is InChI=1S/C37H36NO.C13H24O2.Ir/c1-35(2,3)30-19-24(18-22-10-8-9-11-25(22)30)33-27-21-28-26-12-13-29-32(37(6,7)16-15-36(29,4)5)34(26)39-31(28)20-23(27)14-17-38-33;1-5-10(6-2)12(14)9-13(15)11(7-3)8-4;/h8-14,17,19-21H,15-16H2,1-7H3;9-11,14H,5-8H2,1-4H3;/q-1;;/b;12-9-;/i;9D;. The van der Waals surface area contributed by atoms with Crippen LogP contribution in [0.25, 0.3) is 54.7 Å². The van der Waals surface area contributed by atoms with Gasteiger partial charge in [0.05, 0.1) is 7.13 Å². The number of aliphatic hydroxyl groups excluding tert-OH is 1. The van der Waals surface area contributed by atoms with Crippen molar-refractivity contribution in [1.82, 2.24) is 4.98 Å². The number of pyridine rings is 1. The second-order valence-electron chi connectivity index (χ2n) is 17.8. The van der Waals surface area contributed by atoms with Crippen molar-refractivity contribution in [2.24, 2.45) is 11.8 Å². The van der Waals surface area contributed by atoms with Crippen LogP contribution in [0.5, 0.6) is 0 Å². The van der Waals surface area contributed by atoms with E-state index in [9.17, 15) is 9.90 Å². The Bertz CT molecular complexity index is 2420. The Morgan fingerprint density at radius 1 is 0.873 bits per heavy atom. The summed E-state index contributed by atoms with van der Waals surface area (Å²) in [5.41, 5.74) is 8.36. The molecule has 2 heterocycles. The van der Waals surface area contributed by atoms with Crippen molar-refractivity contribution in [2.75, 3.05) is 0 Å². The Morgan fingerprint density at radius 2 is 1.53 bits per heavy atom. The predicted molar refractivity (Wildman–Crippen MR) is 229 cm³/mol. The van der Waals surface area contributed by atoms with Crippen molar-refractivity contribution in [3.8, 4) is 11.3 Å². The van der Waals surface area contributed by atoms with Crippen LogP contribution < -0.4 is 0 Å². The molecule has 0 aliphatic heterocycles. The van der Waals surface area contributed by atoms with Gasteiger partial charge in [-0.1, -0.05) is 117 Å². The Morgan fingerprint density at radius 3 is 2.18 bits per heavy atom. The number of rotatable bonds is 8. The molecule has 293 valence electrons. The molecule has 1 aliphatic carbocycles. The maximum absolute atomic E-state index is 11.9. The zero-order valence-corrected chi connectivity index (χ0v) is 37.2. The minimum atomic E-state index is -0.214. The fraction of sp³-hybridized carbons (Fsp3) is 0.440. The summed E-state index contributed by atoms with van der Waals surface area (Å²) in [5, 5.41) is 16.9. The number of hydrogen-bond acceptors (Lipinski definition) is 4. The number of carbonyl (C=O) groups is 1. The van der Waals surface area contributed by atoms with Crippen molar-refractivity contribution in [1.29, 1.82) is 0 Å². The average Bonchev–Trinajstić information content (AvgIpc) is 3.52. The maximum atomic E-state index is 11.9. The Labute approximate surface area is 344 Å². The number of hydrogen-bond donors (Lipinski definition) is 1. The molecule has 0 unspecified atom stereocenters. The Balaban J connectivity index is 0.000000302. The minimum absolute atomic E-state index is 0. The molecule has 0 spiro atoms. The molecule has 7 rings (SSSR count). The number of aliphatic hydroxyl groups is 1. The number of allylic oxidation sites excluding steroid dienone is 2. The first kappa shape index (κ1) is 40.9. The van der Waals surface area contributed by atoms with Gasteiger partial charge in [0.2, 0.25) is 0 Å². The summed E-state index contributed by atoms with van der Waals surface area (Å²) in [6.45, 7) is 24.1. The molecule has 0 saturated carbocycles. The molecule has 2 aromatic heterocycles. The Kier molecular flexibility index (Phi) is 12.2. The molecule has 5 heteroatoms. The number of fused-ring (bicyclic) bond motifs is 7. The van der Waals surface area contributed by atoms with E-state index in [1.54, 1.807) is 0 Å². The van der Waals surface area contributed by atoms with Gasteiger partial charge in [-0.05, 0) is 89.3 Å². The van der Waals surface area contributed by atoms with Gasteiger partial charge in [0, 0.05) is 66.2 Å². The van der Waals surface area contributed by atoms with Crippen LogP contribution in [-0.2, 0) is 41.1 Å². The van der Waals surface area contributed by atoms with Crippen molar-refractivity contribution in [3.63, 3.8) is 0 Å². The first-order valence-corrected chi connectivity index (χ1v) is 20.2. The molecular formula is C50H60IrNO3-. The summed E-state index contributed by atoms with van der Waals surface area (Å²) in [6.07, 6.45) is 7.26. The first-order chi connectivity index (χ1) is 26.0. The van der Waals surface area contributed by atoms with Crippen molar-refractivity contribution >= 4 is 49.3 Å². The Hall–Kier alpha value is -3.79. The van der Waals surface area contributed by atoms with Gasteiger partial charge in [0.15, 0.2) is 5.78 Å². The second kappa shape index (κ2) is 16.4. The number of ketones is 1. The maximum Gasteiger partial charge on any atom is 0.162 e. The van der Waals surface area contributed by atoms with Crippen molar-refractivity contribution in [2.45, 2.75) is 131 Å². The number of carbonyl (C=O) groups excluding carboxylic acids is 1. The molecule has 0 amide bonds. The summed E-state index contributed by atoms with van der Waals surface area (Å²) in [6, 6.07) is 25.6.